The smallest absolute Gasteiger partial charge is 0.261 e. The Bertz CT molecular complexity index is 757. The highest BCUT2D eigenvalue weighted by atomic mass is 35.5. The lowest BCUT2D eigenvalue weighted by Crippen LogP contribution is -2.13. The summed E-state index contributed by atoms with van der Waals surface area (Å²) in [5.41, 5.74) is 1.81. The Labute approximate surface area is 129 Å². The third-order valence-electron chi connectivity index (χ3n) is 3.07. The highest BCUT2D eigenvalue weighted by Crippen LogP contribution is 2.23. The van der Waals surface area contributed by atoms with Gasteiger partial charge in [-0.3, -0.25) is 4.72 Å². The van der Waals surface area contributed by atoms with Crippen LogP contribution in [0, 0.1) is 6.92 Å². The molecule has 0 saturated carbocycles. The minimum atomic E-state index is -3.72. The van der Waals surface area contributed by atoms with Crippen LogP contribution in [0.4, 0.5) is 5.69 Å². The highest BCUT2D eigenvalue weighted by Gasteiger charge is 2.16. The maximum Gasteiger partial charge on any atom is 0.261 e. The van der Waals surface area contributed by atoms with E-state index in [2.05, 4.69) is 4.72 Å². The molecule has 0 aliphatic carbocycles. The van der Waals surface area contributed by atoms with E-state index in [0.717, 1.165) is 5.56 Å². The Hall–Kier alpha value is -1.56. The maximum atomic E-state index is 12.3. The summed E-state index contributed by atoms with van der Waals surface area (Å²) in [6, 6.07) is 11.1. The Balaban J connectivity index is 2.33. The van der Waals surface area contributed by atoms with Gasteiger partial charge in [-0.05, 0) is 49.2 Å². The van der Waals surface area contributed by atoms with Crippen molar-refractivity contribution in [3.63, 3.8) is 0 Å². The Morgan fingerprint density at radius 3 is 2.52 bits per heavy atom. The van der Waals surface area contributed by atoms with Gasteiger partial charge < -0.3 is 5.11 Å². The summed E-state index contributed by atoms with van der Waals surface area (Å²) in [4.78, 5) is 0.0950. The summed E-state index contributed by atoms with van der Waals surface area (Å²) in [7, 11) is -3.72. The van der Waals surface area contributed by atoms with Gasteiger partial charge in [0.05, 0.1) is 16.7 Å². The van der Waals surface area contributed by atoms with Crippen molar-refractivity contribution in [3.8, 4) is 0 Å². The molecule has 6 heteroatoms. The topological polar surface area (TPSA) is 66.4 Å². The van der Waals surface area contributed by atoms with E-state index in [1.165, 1.54) is 12.1 Å². The van der Waals surface area contributed by atoms with E-state index < -0.39 is 16.1 Å². The molecule has 0 spiro atoms. The molecule has 0 radical (unpaired) electrons. The van der Waals surface area contributed by atoms with E-state index in [4.69, 9.17) is 11.6 Å². The third-order valence-corrected chi connectivity index (χ3v) is 4.86. The number of benzene rings is 2. The number of aryl methyl sites for hydroxylation is 1. The molecule has 4 nitrogen and oxygen atoms in total. The molecule has 2 aromatic carbocycles. The predicted molar refractivity (Wildman–Crippen MR) is 84.1 cm³/mol. The van der Waals surface area contributed by atoms with E-state index in [-0.39, 0.29) is 4.90 Å². The number of sulfonamides is 1. The van der Waals surface area contributed by atoms with Gasteiger partial charge in [-0.1, -0.05) is 29.8 Å². The quantitative estimate of drug-likeness (QED) is 0.904. The van der Waals surface area contributed by atoms with Crippen molar-refractivity contribution in [1.29, 1.82) is 0 Å². The third kappa shape index (κ3) is 3.75. The first-order valence-electron chi connectivity index (χ1n) is 6.36. The standard InChI is InChI=1S/C15H16ClNO3S/c1-10-6-7-13(9-15(10)16)17-21(19,20)14-5-3-4-12(8-14)11(2)18/h3-9,11,17-18H,1-2H3. The maximum absolute atomic E-state index is 12.3. The largest absolute Gasteiger partial charge is 0.389 e. The monoisotopic (exact) mass is 325 g/mol. The first kappa shape index (κ1) is 15.8. The van der Waals surface area contributed by atoms with Gasteiger partial charge in [0.1, 0.15) is 0 Å². The van der Waals surface area contributed by atoms with Gasteiger partial charge in [-0.15, -0.1) is 0 Å². The molecule has 21 heavy (non-hydrogen) atoms. The summed E-state index contributed by atoms with van der Waals surface area (Å²) >= 11 is 5.99. The van der Waals surface area contributed by atoms with Crippen molar-refractivity contribution in [2.45, 2.75) is 24.8 Å². The van der Waals surface area contributed by atoms with Crippen molar-refractivity contribution >= 4 is 27.3 Å². The van der Waals surface area contributed by atoms with Crippen LogP contribution in [0.5, 0.6) is 0 Å². The summed E-state index contributed by atoms with van der Waals surface area (Å²) < 4.78 is 27.1. The lowest BCUT2D eigenvalue weighted by molar-refractivity contribution is 0.199. The van der Waals surface area contributed by atoms with Crippen molar-refractivity contribution < 1.29 is 13.5 Å². The zero-order chi connectivity index (χ0) is 15.6. The summed E-state index contributed by atoms with van der Waals surface area (Å²) in [5.74, 6) is 0. The fourth-order valence-electron chi connectivity index (χ4n) is 1.81. The second-order valence-corrected chi connectivity index (χ2v) is 6.91. The molecule has 1 unspecified atom stereocenters. The number of halogens is 1. The molecule has 0 aliphatic heterocycles. The number of aliphatic hydroxyl groups excluding tert-OH is 1. The molecular formula is C15H16ClNO3S. The van der Waals surface area contributed by atoms with Gasteiger partial charge in [0.2, 0.25) is 0 Å². The zero-order valence-corrected chi connectivity index (χ0v) is 13.2. The van der Waals surface area contributed by atoms with Gasteiger partial charge in [0.15, 0.2) is 0 Å². The first-order chi connectivity index (χ1) is 9.79. The van der Waals surface area contributed by atoms with E-state index in [1.807, 2.05) is 6.92 Å². The lowest BCUT2D eigenvalue weighted by Gasteiger charge is -2.11. The van der Waals surface area contributed by atoms with Crippen LogP contribution < -0.4 is 4.72 Å². The minimum Gasteiger partial charge on any atom is -0.389 e. The lowest BCUT2D eigenvalue weighted by atomic mass is 10.1. The first-order valence-corrected chi connectivity index (χ1v) is 8.23. The van der Waals surface area contributed by atoms with Crippen molar-refractivity contribution in [2.24, 2.45) is 0 Å². The zero-order valence-electron chi connectivity index (χ0n) is 11.7. The van der Waals surface area contributed by atoms with E-state index in [9.17, 15) is 13.5 Å². The van der Waals surface area contributed by atoms with E-state index in [1.54, 1.807) is 37.3 Å². The molecule has 112 valence electrons. The molecule has 0 amide bonds. The van der Waals surface area contributed by atoms with E-state index >= 15 is 0 Å². The van der Waals surface area contributed by atoms with Crippen LogP contribution in [0.15, 0.2) is 47.4 Å². The fraction of sp³-hybridized carbons (Fsp3) is 0.200. The number of hydrogen-bond acceptors (Lipinski definition) is 3. The Morgan fingerprint density at radius 2 is 1.90 bits per heavy atom. The molecule has 1 atom stereocenters. The van der Waals surface area contributed by atoms with Crippen LogP contribution >= 0.6 is 11.6 Å². The average molecular weight is 326 g/mol. The number of nitrogens with one attached hydrogen (secondary N) is 1. The molecule has 0 aliphatic rings. The average Bonchev–Trinajstić information content (AvgIpc) is 2.43. The highest BCUT2D eigenvalue weighted by molar-refractivity contribution is 7.92. The molecule has 0 saturated heterocycles. The number of aliphatic hydroxyl groups is 1. The minimum absolute atomic E-state index is 0.0950. The fourth-order valence-corrected chi connectivity index (χ4v) is 3.10. The van der Waals surface area contributed by atoms with Crippen LogP contribution in [0.2, 0.25) is 5.02 Å². The molecule has 2 rings (SSSR count). The van der Waals surface area contributed by atoms with Gasteiger partial charge in [0, 0.05) is 5.02 Å². The van der Waals surface area contributed by atoms with Crippen molar-refractivity contribution in [1.82, 2.24) is 0 Å². The molecule has 0 heterocycles. The molecular weight excluding hydrogens is 310 g/mol. The molecule has 0 fully saturated rings. The molecule has 2 aromatic rings. The van der Waals surface area contributed by atoms with Gasteiger partial charge in [-0.2, -0.15) is 0 Å². The second kappa shape index (κ2) is 6.05. The summed E-state index contributed by atoms with van der Waals surface area (Å²) in [5, 5.41) is 10.0. The van der Waals surface area contributed by atoms with Gasteiger partial charge >= 0.3 is 0 Å². The van der Waals surface area contributed by atoms with Crippen molar-refractivity contribution in [3.05, 3.63) is 58.6 Å². The molecule has 2 N–H and O–H groups in total. The van der Waals surface area contributed by atoms with Crippen LogP contribution in [-0.4, -0.2) is 13.5 Å². The van der Waals surface area contributed by atoms with Gasteiger partial charge in [0.25, 0.3) is 10.0 Å². The summed E-state index contributed by atoms with van der Waals surface area (Å²) in [6.45, 7) is 3.42. The Kier molecular flexibility index (Phi) is 4.56. The van der Waals surface area contributed by atoms with Crippen LogP contribution in [0.25, 0.3) is 0 Å². The SMILES string of the molecule is Cc1ccc(NS(=O)(=O)c2cccc(C(C)O)c2)cc1Cl. The normalized spacial score (nSPS) is 13.0. The van der Waals surface area contributed by atoms with Gasteiger partial charge in [-0.25, -0.2) is 8.42 Å². The van der Waals surface area contributed by atoms with Crippen LogP contribution in [0.3, 0.4) is 0 Å². The second-order valence-electron chi connectivity index (χ2n) is 4.82. The van der Waals surface area contributed by atoms with Crippen LogP contribution in [-0.2, 0) is 10.0 Å². The molecule has 0 aromatic heterocycles. The van der Waals surface area contributed by atoms with Crippen molar-refractivity contribution in [2.75, 3.05) is 4.72 Å². The molecule has 0 bridgehead atoms. The summed E-state index contributed by atoms with van der Waals surface area (Å²) in [6.07, 6.45) is -0.728. The Morgan fingerprint density at radius 1 is 1.19 bits per heavy atom. The number of anilines is 1. The van der Waals surface area contributed by atoms with Crippen LogP contribution in [0.1, 0.15) is 24.2 Å². The number of hydrogen-bond donors (Lipinski definition) is 2. The number of rotatable bonds is 4. The van der Waals surface area contributed by atoms with E-state index in [0.29, 0.717) is 16.3 Å². The predicted octanol–water partition coefficient (Wildman–Crippen LogP) is 3.50.